The van der Waals surface area contributed by atoms with Crippen molar-refractivity contribution in [2.24, 2.45) is 5.10 Å². The molecule has 0 bridgehead atoms. The number of hydrogen-bond acceptors (Lipinski definition) is 6. The lowest BCUT2D eigenvalue weighted by Crippen LogP contribution is -2.19. The largest absolute Gasteiger partial charge is 0.289 e. The Kier molecular flexibility index (Phi) is 4.79. The molecule has 0 radical (unpaired) electrons. The van der Waals surface area contributed by atoms with Gasteiger partial charge in [-0.05, 0) is 25.1 Å². The molecule has 3 rings (SSSR count). The Bertz CT molecular complexity index is 981. The molecule has 3 aromatic rings. The van der Waals surface area contributed by atoms with E-state index in [0.717, 1.165) is 5.56 Å². The molecular formula is C17H14N6O3. The highest BCUT2D eigenvalue weighted by atomic mass is 16.6. The maximum atomic E-state index is 12.2. The summed E-state index contributed by atoms with van der Waals surface area (Å²) in [5, 5.41) is 21.5. The van der Waals surface area contributed by atoms with E-state index in [-0.39, 0.29) is 11.4 Å². The molecule has 0 atom stereocenters. The van der Waals surface area contributed by atoms with Gasteiger partial charge in [0.25, 0.3) is 11.6 Å². The van der Waals surface area contributed by atoms with Crippen LogP contribution in [0.2, 0.25) is 0 Å². The number of rotatable bonds is 5. The highest BCUT2D eigenvalue weighted by molar-refractivity contribution is 6.00. The van der Waals surface area contributed by atoms with E-state index in [4.69, 9.17) is 0 Å². The standard InChI is InChI=1S/C17H14N6O3/c1-11(12-5-7-18-8-6-12)19-22-17(24)16-10-15(20-21-16)13-3-2-4-14(9-13)23(25)26/h2-10H,1H3,(H,20,21)(H,22,24). The number of carbonyl (C=O) groups excluding carboxylic acids is 1. The summed E-state index contributed by atoms with van der Waals surface area (Å²) >= 11 is 0. The number of aromatic amines is 1. The van der Waals surface area contributed by atoms with Gasteiger partial charge in [-0.2, -0.15) is 10.2 Å². The molecule has 0 saturated heterocycles. The third kappa shape index (κ3) is 3.78. The fraction of sp³-hybridized carbons (Fsp3) is 0.0588. The summed E-state index contributed by atoms with van der Waals surface area (Å²) < 4.78 is 0. The number of hydrazone groups is 1. The van der Waals surface area contributed by atoms with Crippen LogP contribution in [0.3, 0.4) is 0 Å². The number of nitrogens with zero attached hydrogens (tertiary/aromatic N) is 4. The molecule has 0 saturated carbocycles. The van der Waals surface area contributed by atoms with E-state index in [2.05, 4.69) is 25.7 Å². The lowest BCUT2D eigenvalue weighted by Gasteiger charge is -2.01. The van der Waals surface area contributed by atoms with E-state index in [1.54, 1.807) is 43.6 Å². The summed E-state index contributed by atoms with van der Waals surface area (Å²) in [5.74, 6) is -0.470. The highest BCUT2D eigenvalue weighted by Gasteiger charge is 2.13. The Balaban J connectivity index is 1.74. The molecule has 0 aliphatic carbocycles. The van der Waals surface area contributed by atoms with Gasteiger partial charge in [-0.25, -0.2) is 5.43 Å². The highest BCUT2D eigenvalue weighted by Crippen LogP contribution is 2.22. The van der Waals surface area contributed by atoms with Gasteiger partial charge >= 0.3 is 0 Å². The number of non-ortho nitro benzene ring substituents is 1. The average Bonchev–Trinajstić information content (AvgIpc) is 3.17. The van der Waals surface area contributed by atoms with Crippen molar-refractivity contribution in [3.63, 3.8) is 0 Å². The predicted octanol–water partition coefficient (Wildman–Crippen LogP) is 2.53. The minimum Gasteiger partial charge on any atom is -0.272 e. The van der Waals surface area contributed by atoms with Crippen molar-refractivity contribution < 1.29 is 9.72 Å². The Morgan fingerprint density at radius 2 is 2.00 bits per heavy atom. The van der Waals surface area contributed by atoms with Crippen LogP contribution in [0.5, 0.6) is 0 Å². The number of nitro benzene ring substituents is 1. The summed E-state index contributed by atoms with van der Waals surface area (Å²) in [6, 6.07) is 11.1. The minimum absolute atomic E-state index is 0.0472. The quantitative estimate of drug-likeness (QED) is 0.415. The maximum Gasteiger partial charge on any atom is 0.289 e. The first kappa shape index (κ1) is 17.0. The topological polar surface area (TPSA) is 126 Å². The predicted molar refractivity (Wildman–Crippen MR) is 94.6 cm³/mol. The summed E-state index contributed by atoms with van der Waals surface area (Å²) in [6.45, 7) is 1.76. The number of aromatic nitrogens is 3. The van der Waals surface area contributed by atoms with Crippen molar-refractivity contribution in [2.75, 3.05) is 0 Å². The minimum atomic E-state index is -0.486. The number of nitrogens with one attached hydrogen (secondary N) is 2. The van der Waals surface area contributed by atoms with Crippen molar-refractivity contribution in [3.05, 3.63) is 76.2 Å². The lowest BCUT2D eigenvalue weighted by molar-refractivity contribution is -0.384. The first-order valence-corrected chi connectivity index (χ1v) is 7.60. The van der Waals surface area contributed by atoms with Crippen molar-refractivity contribution >= 4 is 17.3 Å². The summed E-state index contributed by atoms with van der Waals surface area (Å²) in [6.07, 6.45) is 3.27. The SMILES string of the molecule is CC(=NNC(=O)c1cc(-c2cccc([N+](=O)[O-])c2)n[nH]1)c1ccncc1. The second kappa shape index (κ2) is 7.34. The number of amides is 1. The van der Waals surface area contributed by atoms with Crippen LogP contribution in [0.1, 0.15) is 23.0 Å². The van der Waals surface area contributed by atoms with Gasteiger partial charge in [0.1, 0.15) is 5.69 Å². The molecule has 1 amide bonds. The third-order valence-corrected chi connectivity index (χ3v) is 3.60. The Morgan fingerprint density at radius 3 is 2.73 bits per heavy atom. The number of H-pyrrole nitrogens is 1. The molecule has 2 N–H and O–H groups in total. The number of nitro groups is 1. The van der Waals surface area contributed by atoms with Crippen LogP contribution in [0.25, 0.3) is 11.3 Å². The molecule has 9 heteroatoms. The zero-order valence-electron chi connectivity index (χ0n) is 13.7. The Labute approximate surface area is 147 Å². The van der Waals surface area contributed by atoms with Gasteiger partial charge in [0.2, 0.25) is 0 Å². The second-order valence-electron chi connectivity index (χ2n) is 5.35. The maximum absolute atomic E-state index is 12.2. The van der Waals surface area contributed by atoms with E-state index >= 15 is 0 Å². The fourth-order valence-corrected chi connectivity index (χ4v) is 2.22. The lowest BCUT2D eigenvalue weighted by atomic mass is 10.1. The molecule has 9 nitrogen and oxygen atoms in total. The summed E-state index contributed by atoms with van der Waals surface area (Å²) in [7, 11) is 0. The average molecular weight is 350 g/mol. The molecule has 130 valence electrons. The van der Waals surface area contributed by atoms with Crippen molar-refractivity contribution in [1.29, 1.82) is 0 Å². The van der Waals surface area contributed by atoms with Gasteiger partial charge in [-0.3, -0.25) is 25.0 Å². The first-order valence-electron chi connectivity index (χ1n) is 7.60. The van der Waals surface area contributed by atoms with Crippen molar-refractivity contribution in [2.45, 2.75) is 6.92 Å². The van der Waals surface area contributed by atoms with E-state index in [0.29, 0.717) is 17.0 Å². The van der Waals surface area contributed by atoms with Crippen LogP contribution in [0.4, 0.5) is 5.69 Å². The van der Waals surface area contributed by atoms with Crippen LogP contribution >= 0.6 is 0 Å². The van der Waals surface area contributed by atoms with Gasteiger partial charge in [0.05, 0.1) is 16.3 Å². The normalized spacial score (nSPS) is 11.2. The van der Waals surface area contributed by atoms with Crippen LogP contribution in [0, 0.1) is 10.1 Å². The Morgan fingerprint density at radius 1 is 1.23 bits per heavy atom. The van der Waals surface area contributed by atoms with Crippen LogP contribution < -0.4 is 5.43 Å². The number of carbonyl (C=O) groups is 1. The summed E-state index contributed by atoms with van der Waals surface area (Å²) in [5.41, 5.74) is 5.00. The van der Waals surface area contributed by atoms with Gasteiger partial charge < -0.3 is 0 Å². The van der Waals surface area contributed by atoms with Gasteiger partial charge in [-0.1, -0.05) is 12.1 Å². The molecule has 1 aromatic carbocycles. The smallest absolute Gasteiger partial charge is 0.272 e. The molecule has 0 aliphatic heterocycles. The van der Waals surface area contributed by atoms with E-state index in [9.17, 15) is 14.9 Å². The van der Waals surface area contributed by atoms with Gasteiger partial charge in [0, 0.05) is 35.7 Å². The van der Waals surface area contributed by atoms with E-state index in [1.165, 1.54) is 18.2 Å². The molecule has 0 unspecified atom stereocenters. The number of benzene rings is 1. The van der Waals surface area contributed by atoms with Crippen molar-refractivity contribution in [1.82, 2.24) is 20.6 Å². The zero-order valence-corrected chi connectivity index (χ0v) is 13.7. The molecular weight excluding hydrogens is 336 g/mol. The molecule has 2 aromatic heterocycles. The fourth-order valence-electron chi connectivity index (χ4n) is 2.22. The van der Waals surface area contributed by atoms with Crippen LogP contribution in [0.15, 0.2) is 60.0 Å². The number of pyridine rings is 1. The van der Waals surface area contributed by atoms with E-state index < -0.39 is 10.8 Å². The molecule has 0 aliphatic rings. The second-order valence-corrected chi connectivity index (χ2v) is 5.35. The molecule has 0 fully saturated rings. The molecule has 0 spiro atoms. The van der Waals surface area contributed by atoms with Crippen LogP contribution in [-0.2, 0) is 0 Å². The van der Waals surface area contributed by atoms with E-state index in [1.807, 2.05) is 0 Å². The first-order chi connectivity index (χ1) is 12.5. The third-order valence-electron chi connectivity index (χ3n) is 3.60. The molecule has 26 heavy (non-hydrogen) atoms. The Hall–Kier alpha value is -3.88. The van der Waals surface area contributed by atoms with Gasteiger partial charge in [0.15, 0.2) is 0 Å². The number of hydrogen-bond donors (Lipinski definition) is 2. The molecule has 2 heterocycles. The summed E-state index contributed by atoms with van der Waals surface area (Å²) in [4.78, 5) is 26.5. The van der Waals surface area contributed by atoms with Crippen molar-refractivity contribution in [3.8, 4) is 11.3 Å². The van der Waals surface area contributed by atoms with Crippen LogP contribution in [-0.4, -0.2) is 31.7 Å². The zero-order chi connectivity index (χ0) is 18.5. The monoisotopic (exact) mass is 350 g/mol. The van der Waals surface area contributed by atoms with Gasteiger partial charge in [-0.15, -0.1) is 0 Å².